The van der Waals surface area contributed by atoms with Crippen LogP contribution in [-0.4, -0.2) is 40.8 Å². The molecule has 0 saturated carbocycles. The number of halogens is 1. The first-order valence-electron chi connectivity index (χ1n) is 7.27. The maximum absolute atomic E-state index is 12.6. The van der Waals surface area contributed by atoms with Gasteiger partial charge in [0.1, 0.15) is 17.7 Å². The maximum atomic E-state index is 12.6. The molecule has 0 aliphatic rings. The van der Waals surface area contributed by atoms with Crippen molar-refractivity contribution in [1.29, 1.82) is 0 Å². The third-order valence-electron chi connectivity index (χ3n) is 3.29. The van der Waals surface area contributed by atoms with Crippen LogP contribution in [-0.2, 0) is 0 Å². The highest BCUT2D eigenvalue weighted by atomic mass is 35.5. The Kier molecular flexibility index (Phi) is 4.33. The molecule has 0 aliphatic carbocycles. The number of rotatable bonds is 4. The summed E-state index contributed by atoms with van der Waals surface area (Å²) in [5.74, 6) is 0.0179. The van der Waals surface area contributed by atoms with Gasteiger partial charge in [0.05, 0.1) is 11.2 Å². The minimum Gasteiger partial charge on any atom is -0.296 e. The molecule has 4 aromatic heterocycles. The monoisotopic (exact) mass is 384 g/mol. The number of nitrogens with zero attached hydrogens (tertiary/aromatic N) is 7. The molecule has 128 valence electrons. The number of amides is 1. The van der Waals surface area contributed by atoms with Gasteiger partial charge in [0, 0.05) is 23.8 Å². The first kappa shape index (κ1) is 16.2. The van der Waals surface area contributed by atoms with E-state index in [1.54, 1.807) is 36.0 Å². The number of anilines is 1. The van der Waals surface area contributed by atoms with Crippen molar-refractivity contribution in [2.24, 2.45) is 0 Å². The average Bonchev–Trinajstić information content (AvgIpc) is 3.32. The van der Waals surface area contributed by atoms with Gasteiger partial charge >= 0.3 is 0 Å². The van der Waals surface area contributed by atoms with Gasteiger partial charge in [-0.2, -0.15) is 4.68 Å². The largest absolute Gasteiger partial charge is 0.296 e. The van der Waals surface area contributed by atoms with E-state index in [9.17, 15) is 4.79 Å². The highest BCUT2D eigenvalue weighted by molar-refractivity contribution is 7.14. The van der Waals surface area contributed by atoms with Crippen molar-refractivity contribution in [3.63, 3.8) is 0 Å². The fourth-order valence-corrected chi connectivity index (χ4v) is 3.05. The molecule has 11 heteroatoms. The van der Waals surface area contributed by atoms with Crippen LogP contribution in [0.5, 0.6) is 0 Å². The Morgan fingerprint density at radius 2 is 2.15 bits per heavy atom. The average molecular weight is 385 g/mol. The number of pyridine rings is 1. The van der Waals surface area contributed by atoms with Gasteiger partial charge in [0.15, 0.2) is 16.6 Å². The molecule has 4 rings (SSSR count). The Morgan fingerprint density at radius 1 is 1.23 bits per heavy atom. The van der Waals surface area contributed by atoms with E-state index in [0.29, 0.717) is 27.4 Å². The minimum atomic E-state index is -0.415. The van der Waals surface area contributed by atoms with Crippen LogP contribution in [0, 0.1) is 0 Å². The van der Waals surface area contributed by atoms with Crippen LogP contribution < -0.4 is 5.32 Å². The fourth-order valence-electron chi connectivity index (χ4n) is 2.14. The molecule has 1 N–H and O–H groups in total. The number of carbonyl (C=O) groups is 1. The van der Waals surface area contributed by atoms with Crippen LogP contribution in [0.1, 0.15) is 10.5 Å². The summed E-state index contributed by atoms with van der Waals surface area (Å²) in [4.78, 5) is 29.0. The minimum absolute atomic E-state index is 0.219. The lowest BCUT2D eigenvalue weighted by atomic mass is 10.3. The smallest absolute Gasteiger partial charge is 0.277 e. The SMILES string of the molecule is O=C(Nc1nc(-c2ncccc2Cl)cs1)c1cnnn1-c1ccncn1. The van der Waals surface area contributed by atoms with E-state index in [1.165, 1.54) is 28.5 Å². The predicted octanol–water partition coefficient (Wildman–Crippen LogP) is 2.48. The van der Waals surface area contributed by atoms with E-state index < -0.39 is 5.91 Å². The second-order valence-corrected chi connectivity index (χ2v) is 6.19. The lowest BCUT2D eigenvalue weighted by molar-refractivity contribution is 0.101. The summed E-state index contributed by atoms with van der Waals surface area (Å²) in [6.45, 7) is 0. The van der Waals surface area contributed by atoms with Crippen LogP contribution in [0.25, 0.3) is 17.2 Å². The Bertz CT molecular complexity index is 1060. The molecule has 4 aromatic rings. The fraction of sp³-hybridized carbons (Fsp3) is 0. The van der Waals surface area contributed by atoms with Crippen molar-refractivity contribution in [1.82, 2.24) is 34.9 Å². The summed E-state index contributed by atoms with van der Waals surface area (Å²) >= 11 is 7.39. The van der Waals surface area contributed by atoms with Gasteiger partial charge in [-0.05, 0) is 12.1 Å². The standard InChI is InChI=1S/C15H9ClN8OS/c16-9-2-1-4-18-13(9)10-7-26-15(21-10)22-14(25)11-6-20-23-24(11)12-3-5-17-8-19-12/h1-8H,(H,21,22,25). The van der Waals surface area contributed by atoms with Gasteiger partial charge in [-0.3, -0.25) is 15.1 Å². The molecule has 1 amide bonds. The summed E-state index contributed by atoms with van der Waals surface area (Å²) in [7, 11) is 0. The summed E-state index contributed by atoms with van der Waals surface area (Å²) in [6, 6.07) is 5.09. The van der Waals surface area contributed by atoms with Crippen molar-refractivity contribution >= 4 is 34.0 Å². The number of aromatic nitrogens is 7. The number of thiazole rings is 1. The lowest BCUT2D eigenvalue weighted by Gasteiger charge is -2.04. The van der Waals surface area contributed by atoms with Crippen LogP contribution in [0.2, 0.25) is 5.02 Å². The molecule has 0 aromatic carbocycles. The molecule has 0 atom stereocenters. The summed E-state index contributed by atoms with van der Waals surface area (Å²) in [5.41, 5.74) is 1.35. The third-order valence-corrected chi connectivity index (χ3v) is 4.35. The quantitative estimate of drug-likeness (QED) is 0.575. The predicted molar refractivity (Wildman–Crippen MR) is 95.3 cm³/mol. The zero-order valence-corrected chi connectivity index (χ0v) is 14.5. The first-order valence-corrected chi connectivity index (χ1v) is 8.53. The number of hydrogen-bond donors (Lipinski definition) is 1. The van der Waals surface area contributed by atoms with Gasteiger partial charge in [-0.1, -0.05) is 16.8 Å². The Morgan fingerprint density at radius 3 is 2.96 bits per heavy atom. The molecule has 0 radical (unpaired) electrons. The molecule has 0 unspecified atom stereocenters. The molecule has 0 saturated heterocycles. The van der Waals surface area contributed by atoms with E-state index in [2.05, 4.69) is 35.6 Å². The van der Waals surface area contributed by atoms with Gasteiger partial charge in [0.25, 0.3) is 5.91 Å². The number of hydrogen-bond acceptors (Lipinski definition) is 8. The molecular weight excluding hydrogens is 376 g/mol. The second-order valence-electron chi connectivity index (χ2n) is 4.92. The van der Waals surface area contributed by atoms with Crippen LogP contribution in [0.4, 0.5) is 5.13 Å². The zero-order chi connectivity index (χ0) is 17.9. The molecule has 0 fully saturated rings. The van der Waals surface area contributed by atoms with Crippen LogP contribution in [0.15, 0.2) is 48.5 Å². The molecule has 26 heavy (non-hydrogen) atoms. The van der Waals surface area contributed by atoms with Crippen molar-refractivity contribution in [3.8, 4) is 17.2 Å². The zero-order valence-electron chi connectivity index (χ0n) is 12.9. The Hall–Kier alpha value is -3.24. The molecule has 4 heterocycles. The number of nitrogens with one attached hydrogen (secondary N) is 1. The van der Waals surface area contributed by atoms with E-state index in [1.807, 2.05) is 0 Å². The van der Waals surface area contributed by atoms with Crippen LogP contribution >= 0.6 is 22.9 Å². The van der Waals surface area contributed by atoms with Crippen molar-refractivity contribution in [2.75, 3.05) is 5.32 Å². The Balaban J connectivity index is 1.57. The molecule has 0 bridgehead atoms. The topological polar surface area (TPSA) is 111 Å². The van der Waals surface area contributed by atoms with Gasteiger partial charge in [-0.15, -0.1) is 16.4 Å². The normalized spacial score (nSPS) is 10.7. The second kappa shape index (κ2) is 6.94. The lowest BCUT2D eigenvalue weighted by Crippen LogP contribution is -2.17. The van der Waals surface area contributed by atoms with E-state index in [0.717, 1.165) is 0 Å². The van der Waals surface area contributed by atoms with Gasteiger partial charge < -0.3 is 0 Å². The van der Waals surface area contributed by atoms with E-state index in [4.69, 9.17) is 11.6 Å². The summed E-state index contributed by atoms with van der Waals surface area (Å²) < 4.78 is 1.32. The van der Waals surface area contributed by atoms with Crippen molar-refractivity contribution < 1.29 is 4.79 Å². The first-order chi connectivity index (χ1) is 12.7. The van der Waals surface area contributed by atoms with Gasteiger partial charge in [0.2, 0.25) is 0 Å². The summed E-state index contributed by atoms with van der Waals surface area (Å²) in [5, 5.41) is 13.0. The van der Waals surface area contributed by atoms with E-state index >= 15 is 0 Å². The molecule has 9 nitrogen and oxygen atoms in total. The van der Waals surface area contributed by atoms with Crippen molar-refractivity contribution in [3.05, 3.63) is 59.2 Å². The van der Waals surface area contributed by atoms with E-state index in [-0.39, 0.29) is 5.69 Å². The third kappa shape index (κ3) is 3.15. The van der Waals surface area contributed by atoms with Crippen molar-refractivity contribution in [2.45, 2.75) is 0 Å². The summed E-state index contributed by atoms with van der Waals surface area (Å²) in [6.07, 6.45) is 5.89. The van der Waals surface area contributed by atoms with Crippen LogP contribution in [0.3, 0.4) is 0 Å². The molecular formula is C15H9ClN8OS. The van der Waals surface area contributed by atoms with Gasteiger partial charge in [-0.25, -0.2) is 15.0 Å². The number of carbonyl (C=O) groups excluding carboxylic acids is 1. The highest BCUT2D eigenvalue weighted by Gasteiger charge is 2.17. The highest BCUT2D eigenvalue weighted by Crippen LogP contribution is 2.28. The maximum Gasteiger partial charge on any atom is 0.277 e. The Labute approximate surface area is 155 Å². The molecule has 0 spiro atoms. The molecule has 0 aliphatic heterocycles.